The zero-order valence-electron chi connectivity index (χ0n) is 33.5. The van der Waals surface area contributed by atoms with Gasteiger partial charge >= 0.3 is 0 Å². The van der Waals surface area contributed by atoms with Gasteiger partial charge in [0.15, 0.2) is 17.5 Å². The second kappa shape index (κ2) is 14.9. The predicted octanol–water partition coefficient (Wildman–Crippen LogP) is 15.3. The Morgan fingerprint density at radius 2 is 0.823 bits per heavy atom. The number of aromatic nitrogens is 4. The SMILES string of the molecule is c1ccc(-c2cc(-c3ccccc3)c3sc4c(-c5ccccc5)ccc(-c5nc(-c6ccccc6)nc(-c6ccc7c(c6)c6ccccc6n7-c6ccccc6)n5)c4c3c2)cc1. The highest BCUT2D eigenvalue weighted by Gasteiger charge is 2.23. The van der Waals surface area contributed by atoms with Crippen LogP contribution in [0, 0.1) is 0 Å². The van der Waals surface area contributed by atoms with Crippen LogP contribution in [-0.2, 0) is 0 Å². The number of nitrogens with zero attached hydrogens (tertiary/aromatic N) is 4. The Morgan fingerprint density at radius 3 is 1.52 bits per heavy atom. The zero-order valence-corrected chi connectivity index (χ0v) is 34.3. The van der Waals surface area contributed by atoms with E-state index >= 15 is 0 Å². The van der Waals surface area contributed by atoms with Crippen molar-refractivity contribution in [1.29, 1.82) is 0 Å². The molecule has 0 amide bonds. The lowest BCUT2D eigenvalue weighted by molar-refractivity contribution is 1.08. The lowest BCUT2D eigenvalue weighted by Crippen LogP contribution is -2.00. The Bertz CT molecular complexity index is 3600. The Kier molecular flexibility index (Phi) is 8.65. The summed E-state index contributed by atoms with van der Waals surface area (Å²) in [7, 11) is 0. The minimum absolute atomic E-state index is 0.627. The van der Waals surface area contributed by atoms with Gasteiger partial charge in [-0.05, 0) is 82.4 Å². The molecule has 0 aliphatic heterocycles. The van der Waals surface area contributed by atoms with E-state index in [9.17, 15) is 0 Å². The Morgan fingerprint density at radius 1 is 0.306 bits per heavy atom. The van der Waals surface area contributed by atoms with E-state index in [0.29, 0.717) is 17.5 Å². The molecule has 4 nitrogen and oxygen atoms in total. The van der Waals surface area contributed by atoms with Crippen LogP contribution in [0.3, 0.4) is 0 Å². The molecule has 0 spiro atoms. The molecule has 290 valence electrons. The van der Waals surface area contributed by atoms with Gasteiger partial charge in [-0.3, -0.25) is 0 Å². The molecule has 0 fully saturated rings. The number of para-hydroxylation sites is 2. The van der Waals surface area contributed by atoms with Crippen LogP contribution in [0.25, 0.3) is 115 Å². The third-order valence-corrected chi connectivity index (χ3v) is 13.1. The number of rotatable bonds is 7. The Hall–Kier alpha value is -7.99. The van der Waals surface area contributed by atoms with Gasteiger partial charge in [-0.25, -0.2) is 15.0 Å². The summed E-state index contributed by atoms with van der Waals surface area (Å²) >= 11 is 1.85. The molecule has 12 aromatic rings. The largest absolute Gasteiger partial charge is 0.309 e. The lowest BCUT2D eigenvalue weighted by atomic mass is 9.93. The molecule has 0 aliphatic carbocycles. The van der Waals surface area contributed by atoms with Crippen LogP contribution in [0.1, 0.15) is 0 Å². The average molecular weight is 809 g/mol. The van der Waals surface area contributed by atoms with Gasteiger partial charge in [-0.2, -0.15) is 0 Å². The number of benzene rings is 9. The molecule has 5 heteroatoms. The monoisotopic (exact) mass is 808 g/mol. The van der Waals surface area contributed by atoms with E-state index in [1.165, 1.54) is 48.0 Å². The van der Waals surface area contributed by atoms with Crippen molar-refractivity contribution < 1.29 is 0 Å². The number of hydrogen-bond acceptors (Lipinski definition) is 4. The lowest BCUT2D eigenvalue weighted by Gasteiger charge is -2.12. The van der Waals surface area contributed by atoms with E-state index in [-0.39, 0.29) is 0 Å². The maximum absolute atomic E-state index is 5.43. The third kappa shape index (κ3) is 6.09. The summed E-state index contributed by atoms with van der Waals surface area (Å²) in [6.45, 7) is 0. The summed E-state index contributed by atoms with van der Waals surface area (Å²) < 4.78 is 4.76. The molecular weight excluding hydrogens is 773 g/mol. The van der Waals surface area contributed by atoms with Gasteiger partial charge in [0, 0.05) is 58.9 Å². The molecule has 0 N–H and O–H groups in total. The van der Waals surface area contributed by atoms with E-state index in [0.717, 1.165) is 49.7 Å². The predicted molar refractivity (Wildman–Crippen MR) is 260 cm³/mol. The highest BCUT2D eigenvalue weighted by Crippen LogP contribution is 2.49. The van der Waals surface area contributed by atoms with Crippen molar-refractivity contribution in [3.63, 3.8) is 0 Å². The second-order valence-electron chi connectivity index (χ2n) is 15.6. The van der Waals surface area contributed by atoms with Crippen molar-refractivity contribution in [1.82, 2.24) is 19.5 Å². The number of thiophene rings is 1. The van der Waals surface area contributed by atoms with Gasteiger partial charge < -0.3 is 4.57 Å². The van der Waals surface area contributed by atoms with Gasteiger partial charge in [0.2, 0.25) is 0 Å². The van der Waals surface area contributed by atoms with Crippen LogP contribution in [0.15, 0.2) is 218 Å². The number of hydrogen-bond donors (Lipinski definition) is 0. The summed E-state index contributed by atoms with van der Waals surface area (Å²) in [5.74, 6) is 1.89. The molecule has 0 atom stereocenters. The van der Waals surface area contributed by atoms with Crippen LogP contribution in [0.4, 0.5) is 0 Å². The van der Waals surface area contributed by atoms with Crippen molar-refractivity contribution in [3.8, 4) is 73.2 Å². The fourth-order valence-corrected chi connectivity index (χ4v) is 10.3. The molecule has 3 heterocycles. The first-order valence-electron chi connectivity index (χ1n) is 20.9. The third-order valence-electron chi connectivity index (χ3n) is 11.9. The normalized spacial score (nSPS) is 11.5. The summed E-state index contributed by atoms with van der Waals surface area (Å²) in [6, 6.07) is 77.4. The van der Waals surface area contributed by atoms with Gasteiger partial charge in [0.25, 0.3) is 0 Å². The van der Waals surface area contributed by atoms with Crippen molar-refractivity contribution in [2.24, 2.45) is 0 Å². The topological polar surface area (TPSA) is 43.6 Å². The minimum Gasteiger partial charge on any atom is -0.309 e. The first-order valence-corrected chi connectivity index (χ1v) is 21.7. The van der Waals surface area contributed by atoms with Crippen LogP contribution in [0.2, 0.25) is 0 Å². The molecule has 0 unspecified atom stereocenters. The van der Waals surface area contributed by atoms with Crippen molar-refractivity contribution >= 4 is 53.3 Å². The van der Waals surface area contributed by atoms with Gasteiger partial charge in [0.1, 0.15) is 0 Å². The van der Waals surface area contributed by atoms with Gasteiger partial charge in [0.05, 0.1) is 11.0 Å². The zero-order chi connectivity index (χ0) is 41.0. The van der Waals surface area contributed by atoms with Gasteiger partial charge in [-0.1, -0.05) is 164 Å². The van der Waals surface area contributed by atoms with Crippen LogP contribution >= 0.6 is 11.3 Å². The highest BCUT2D eigenvalue weighted by atomic mass is 32.1. The molecule has 0 saturated carbocycles. The smallest absolute Gasteiger partial charge is 0.164 e. The van der Waals surface area contributed by atoms with Crippen molar-refractivity contribution in [3.05, 3.63) is 218 Å². The maximum atomic E-state index is 5.43. The quantitative estimate of drug-likeness (QED) is 0.161. The molecule has 0 radical (unpaired) electrons. The molecule has 0 bridgehead atoms. The summed E-state index contributed by atoms with van der Waals surface area (Å²) in [6.07, 6.45) is 0. The molecule has 3 aromatic heterocycles. The highest BCUT2D eigenvalue weighted by molar-refractivity contribution is 7.27. The molecule has 9 aromatic carbocycles. The molecular formula is C57H36N4S. The van der Waals surface area contributed by atoms with E-state index in [4.69, 9.17) is 15.0 Å². The molecule has 0 saturated heterocycles. The first kappa shape index (κ1) is 35.9. The van der Waals surface area contributed by atoms with Crippen LogP contribution < -0.4 is 0 Å². The van der Waals surface area contributed by atoms with E-state index in [1.807, 2.05) is 29.5 Å². The summed E-state index contributed by atoms with van der Waals surface area (Å²) in [5.41, 5.74) is 13.3. The van der Waals surface area contributed by atoms with E-state index in [1.54, 1.807) is 0 Å². The summed E-state index contributed by atoms with van der Waals surface area (Å²) in [4.78, 5) is 16.0. The van der Waals surface area contributed by atoms with Crippen molar-refractivity contribution in [2.75, 3.05) is 0 Å². The maximum Gasteiger partial charge on any atom is 0.164 e. The second-order valence-corrected chi connectivity index (χ2v) is 16.6. The standard InChI is InChI=1S/C57H36N4S/c1-6-18-37(19-7-1)42-35-47(39-22-10-3-11-23-39)53-49(36-42)52-46(32-31-44(54(52)62-53)38-20-8-2-9-21-38)57-59-55(40-24-12-4-13-25-40)58-56(60-57)41-30-33-51-48(34-41)45-28-16-17-29-50(45)61(51)43-26-14-5-15-27-43/h1-36H. The van der Waals surface area contributed by atoms with Crippen molar-refractivity contribution in [2.45, 2.75) is 0 Å². The molecule has 62 heavy (non-hydrogen) atoms. The van der Waals surface area contributed by atoms with Gasteiger partial charge in [-0.15, -0.1) is 11.3 Å². The Labute approximate surface area is 362 Å². The number of fused-ring (bicyclic) bond motifs is 6. The van der Waals surface area contributed by atoms with Crippen LogP contribution in [-0.4, -0.2) is 19.5 Å². The Balaban J connectivity index is 1.15. The minimum atomic E-state index is 0.627. The first-order chi connectivity index (χ1) is 30.7. The average Bonchev–Trinajstić information content (AvgIpc) is 3.91. The fourth-order valence-electron chi connectivity index (χ4n) is 8.95. The molecule has 0 aliphatic rings. The van der Waals surface area contributed by atoms with E-state index in [2.05, 4.69) is 205 Å². The fraction of sp³-hybridized carbons (Fsp3) is 0. The summed E-state index contributed by atoms with van der Waals surface area (Å²) in [5, 5.41) is 4.64. The van der Waals surface area contributed by atoms with E-state index < -0.39 is 0 Å². The van der Waals surface area contributed by atoms with Crippen LogP contribution in [0.5, 0.6) is 0 Å². The molecule has 12 rings (SSSR count).